The highest BCUT2D eigenvalue weighted by Gasteiger charge is 2.27. The van der Waals surface area contributed by atoms with Crippen molar-refractivity contribution in [3.8, 4) is 0 Å². The number of hydrogen-bond donors (Lipinski definition) is 1. The molecule has 2 rings (SSSR count). The van der Waals surface area contributed by atoms with Gasteiger partial charge in [0.1, 0.15) is 5.82 Å². The summed E-state index contributed by atoms with van der Waals surface area (Å²) < 4.78 is 14.5. The van der Waals surface area contributed by atoms with E-state index in [0.29, 0.717) is 0 Å². The average Bonchev–Trinajstić information content (AvgIpc) is 3.28. The molecule has 0 heterocycles. The van der Waals surface area contributed by atoms with Gasteiger partial charge in [0.2, 0.25) is 0 Å². The quantitative estimate of drug-likeness (QED) is 0.720. The molecule has 0 saturated heterocycles. The molecule has 1 aromatic carbocycles. The van der Waals surface area contributed by atoms with E-state index < -0.39 is 0 Å². The van der Waals surface area contributed by atoms with Crippen LogP contribution in [0.3, 0.4) is 0 Å². The van der Waals surface area contributed by atoms with Crippen molar-refractivity contribution in [1.29, 1.82) is 0 Å². The molecule has 1 saturated carbocycles. The number of hydrogen-bond acceptors (Lipinski definition) is 2. The van der Waals surface area contributed by atoms with Crippen LogP contribution in [0.1, 0.15) is 58.1 Å². The summed E-state index contributed by atoms with van der Waals surface area (Å²) in [7, 11) is 0. The van der Waals surface area contributed by atoms with Gasteiger partial charge in [0.25, 0.3) is 0 Å². The molecule has 0 bridgehead atoms. The van der Waals surface area contributed by atoms with E-state index in [1.165, 1.54) is 12.8 Å². The minimum absolute atomic E-state index is 0.0771. The lowest BCUT2D eigenvalue weighted by Gasteiger charge is -2.29. The molecule has 21 heavy (non-hydrogen) atoms. The Morgan fingerprint density at radius 1 is 1.29 bits per heavy atom. The highest BCUT2D eigenvalue weighted by Crippen LogP contribution is 2.35. The fourth-order valence-electron chi connectivity index (χ4n) is 2.86. The third kappa shape index (κ3) is 4.44. The van der Waals surface area contributed by atoms with Crippen LogP contribution in [-0.4, -0.2) is 19.6 Å². The molecule has 3 heteroatoms. The number of nitrogens with zero attached hydrogens (tertiary/aromatic N) is 1. The van der Waals surface area contributed by atoms with Gasteiger partial charge in [-0.1, -0.05) is 26.0 Å². The molecule has 0 radical (unpaired) electrons. The Bertz CT molecular complexity index is 443. The second-order valence-corrected chi connectivity index (χ2v) is 6.24. The number of halogens is 1. The zero-order chi connectivity index (χ0) is 15.2. The summed E-state index contributed by atoms with van der Waals surface area (Å²) in [5.41, 5.74) is 1.92. The van der Waals surface area contributed by atoms with Crippen LogP contribution in [-0.2, 0) is 0 Å². The van der Waals surface area contributed by atoms with E-state index in [4.69, 9.17) is 0 Å². The highest BCUT2D eigenvalue weighted by molar-refractivity contribution is 5.56. The second kappa shape index (κ2) is 7.79. The first-order valence-electron chi connectivity index (χ1n) is 8.44. The standard InChI is InChI=1S/C18H29FN2/c1-4-11-20-14(3)16-7-6-8-17(19)18(16)21(12-5-2)13-15-9-10-15/h6-8,14-15,20H,4-5,9-13H2,1-3H3. The molecule has 0 spiro atoms. The number of para-hydroxylation sites is 1. The van der Waals surface area contributed by atoms with Crippen molar-refractivity contribution in [2.75, 3.05) is 24.5 Å². The third-order valence-corrected chi connectivity index (χ3v) is 4.17. The van der Waals surface area contributed by atoms with E-state index in [2.05, 4.69) is 37.1 Å². The normalized spacial score (nSPS) is 16.0. The van der Waals surface area contributed by atoms with Gasteiger partial charge in [0.15, 0.2) is 0 Å². The molecule has 1 fully saturated rings. The van der Waals surface area contributed by atoms with Crippen LogP contribution in [0.5, 0.6) is 0 Å². The first kappa shape index (κ1) is 16.3. The Hall–Kier alpha value is -1.09. The average molecular weight is 292 g/mol. The highest BCUT2D eigenvalue weighted by atomic mass is 19.1. The van der Waals surface area contributed by atoms with Crippen LogP contribution in [0, 0.1) is 11.7 Å². The maximum absolute atomic E-state index is 14.5. The van der Waals surface area contributed by atoms with E-state index in [9.17, 15) is 4.39 Å². The van der Waals surface area contributed by atoms with Gasteiger partial charge >= 0.3 is 0 Å². The van der Waals surface area contributed by atoms with Crippen molar-refractivity contribution < 1.29 is 4.39 Å². The van der Waals surface area contributed by atoms with Gasteiger partial charge in [0, 0.05) is 19.1 Å². The van der Waals surface area contributed by atoms with Crippen LogP contribution in [0.15, 0.2) is 18.2 Å². The SMILES string of the molecule is CCCNC(C)c1cccc(F)c1N(CCC)CC1CC1. The maximum Gasteiger partial charge on any atom is 0.146 e. The van der Waals surface area contributed by atoms with Gasteiger partial charge < -0.3 is 10.2 Å². The molecule has 1 N–H and O–H groups in total. The van der Waals surface area contributed by atoms with E-state index in [1.54, 1.807) is 6.07 Å². The van der Waals surface area contributed by atoms with Crippen molar-refractivity contribution in [2.45, 2.75) is 52.5 Å². The predicted molar refractivity (Wildman–Crippen MR) is 88.3 cm³/mol. The van der Waals surface area contributed by atoms with Crippen molar-refractivity contribution in [3.63, 3.8) is 0 Å². The number of nitrogens with one attached hydrogen (secondary N) is 1. The smallest absolute Gasteiger partial charge is 0.146 e. The molecule has 1 aliphatic carbocycles. The van der Waals surface area contributed by atoms with E-state index in [0.717, 1.165) is 49.6 Å². The predicted octanol–water partition coefficient (Wildman–Crippen LogP) is 4.51. The topological polar surface area (TPSA) is 15.3 Å². The second-order valence-electron chi connectivity index (χ2n) is 6.24. The van der Waals surface area contributed by atoms with E-state index in [1.807, 2.05) is 6.07 Å². The minimum Gasteiger partial charge on any atom is -0.369 e. The molecule has 1 unspecified atom stereocenters. The first-order chi connectivity index (χ1) is 10.2. The molecule has 0 amide bonds. The van der Waals surface area contributed by atoms with E-state index in [-0.39, 0.29) is 11.9 Å². The Kier molecular flexibility index (Phi) is 6.04. The summed E-state index contributed by atoms with van der Waals surface area (Å²) >= 11 is 0. The Balaban J connectivity index is 2.25. The van der Waals surface area contributed by atoms with Crippen molar-refractivity contribution in [3.05, 3.63) is 29.6 Å². The van der Waals surface area contributed by atoms with Crippen LogP contribution in [0.25, 0.3) is 0 Å². The summed E-state index contributed by atoms with van der Waals surface area (Å²) in [5.74, 6) is 0.690. The molecule has 1 atom stereocenters. The zero-order valence-corrected chi connectivity index (χ0v) is 13.7. The molecule has 118 valence electrons. The van der Waals surface area contributed by atoms with Gasteiger partial charge in [-0.2, -0.15) is 0 Å². The van der Waals surface area contributed by atoms with E-state index >= 15 is 0 Å². The maximum atomic E-state index is 14.5. The fraction of sp³-hybridized carbons (Fsp3) is 0.667. The summed E-state index contributed by atoms with van der Waals surface area (Å²) in [4.78, 5) is 2.27. The molecular weight excluding hydrogens is 263 g/mol. The van der Waals surface area contributed by atoms with Crippen LogP contribution < -0.4 is 10.2 Å². The minimum atomic E-state index is -0.0771. The molecule has 2 nitrogen and oxygen atoms in total. The first-order valence-corrected chi connectivity index (χ1v) is 8.44. The molecular formula is C18H29FN2. The lowest BCUT2D eigenvalue weighted by atomic mass is 10.0. The Morgan fingerprint density at radius 3 is 2.67 bits per heavy atom. The lowest BCUT2D eigenvalue weighted by molar-refractivity contribution is 0.555. The molecule has 0 aromatic heterocycles. The molecule has 1 aliphatic rings. The molecule has 0 aliphatic heterocycles. The van der Waals surface area contributed by atoms with Crippen LogP contribution >= 0.6 is 0 Å². The van der Waals surface area contributed by atoms with Crippen LogP contribution in [0.4, 0.5) is 10.1 Å². The van der Waals surface area contributed by atoms with Gasteiger partial charge in [-0.05, 0) is 56.7 Å². The Labute approximate surface area is 128 Å². The number of rotatable bonds is 9. The van der Waals surface area contributed by atoms with Crippen molar-refractivity contribution >= 4 is 5.69 Å². The summed E-state index contributed by atoms with van der Waals surface area (Å²) in [6.45, 7) is 9.36. The lowest BCUT2D eigenvalue weighted by Crippen LogP contribution is -2.30. The molecule has 1 aromatic rings. The monoisotopic (exact) mass is 292 g/mol. The Morgan fingerprint density at radius 2 is 2.05 bits per heavy atom. The third-order valence-electron chi connectivity index (χ3n) is 4.17. The summed E-state index contributed by atoms with van der Waals surface area (Å²) in [6, 6.07) is 5.69. The zero-order valence-electron chi connectivity index (χ0n) is 13.7. The number of anilines is 1. The van der Waals surface area contributed by atoms with Gasteiger partial charge in [-0.15, -0.1) is 0 Å². The van der Waals surface area contributed by atoms with Crippen molar-refractivity contribution in [1.82, 2.24) is 5.32 Å². The van der Waals surface area contributed by atoms with Crippen molar-refractivity contribution in [2.24, 2.45) is 5.92 Å². The largest absolute Gasteiger partial charge is 0.369 e. The summed E-state index contributed by atoms with van der Waals surface area (Å²) in [6.07, 6.45) is 4.74. The van der Waals surface area contributed by atoms with Gasteiger partial charge in [-0.3, -0.25) is 0 Å². The summed E-state index contributed by atoms with van der Waals surface area (Å²) in [5, 5.41) is 3.49. The number of benzene rings is 1. The van der Waals surface area contributed by atoms with Gasteiger partial charge in [0.05, 0.1) is 5.69 Å². The van der Waals surface area contributed by atoms with Gasteiger partial charge in [-0.25, -0.2) is 4.39 Å². The fourth-order valence-corrected chi connectivity index (χ4v) is 2.86. The van der Waals surface area contributed by atoms with Crippen LogP contribution in [0.2, 0.25) is 0 Å².